The maximum atomic E-state index is 11.1. The van der Waals surface area contributed by atoms with E-state index in [-0.39, 0.29) is 11.8 Å². The van der Waals surface area contributed by atoms with Gasteiger partial charge in [0.1, 0.15) is 6.26 Å². The zero-order chi connectivity index (χ0) is 11.5. The number of primary amides is 1. The number of rotatable bonds is 3. The van der Waals surface area contributed by atoms with Crippen LogP contribution in [0.15, 0.2) is 41.1 Å². The summed E-state index contributed by atoms with van der Waals surface area (Å²) < 4.78 is 5.19. The molecular formula is C12H12N2O2. The standard InChI is InChI=1S/C12H12N2O2/c1-8(11(13)15)9-3-2-4-10(7-9)12-14-5-6-16-12/h2-8H,1H3,(H2,13,15)/t8-/m1/s1. The van der Waals surface area contributed by atoms with Crippen LogP contribution in [0.4, 0.5) is 0 Å². The van der Waals surface area contributed by atoms with Gasteiger partial charge in [-0.15, -0.1) is 0 Å². The minimum absolute atomic E-state index is 0.310. The fourth-order valence-corrected chi connectivity index (χ4v) is 1.47. The molecule has 2 N–H and O–H groups in total. The first-order chi connectivity index (χ1) is 7.68. The van der Waals surface area contributed by atoms with Crippen LogP contribution in [0.3, 0.4) is 0 Å². The highest BCUT2D eigenvalue weighted by molar-refractivity contribution is 5.81. The summed E-state index contributed by atoms with van der Waals surface area (Å²) >= 11 is 0. The summed E-state index contributed by atoms with van der Waals surface area (Å²) in [5.41, 5.74) is 6.97. The first-order valence-electron chi connectivity index (χ1n) is 4.97. The number of carbonyl (C=O) groups excluding carboxylic acids is 1. The van der Waals surface area contributed by atoms with Gasteiger partial charge in [0.2, 0.25) is 11.8 Å². The van der Waals surface area contributed by atoms with Crippen molar-refractivity contribution in [3.8, 4) is 11.5 Å². The molecule has 0 fully saturated rings. The SMILES string of the molecule is C[C@@H](C(N)=O)c1cccc(-c2ncco2)c1. The molecule has 0 unspecified atom stereocenters. The summed E-state index contributed by atoms with van der Waals surface area (Å²) in [5, 5.41) is 0. The average Bonchev–Trinajstić information content (AvgIpc) is 2.81. The molecule has 2 rings (SSSR count). The molecule has 82 valence electrons. The second-order valence-corrected chi connectivity index (χ2v) is 3.59. The fourth-order valence-electron chi connectivity index (χ4n) is 1.47. The van der Waals surface area contributed by atoms with Gasteiger partial charge in [0.25, 0.3) is 0 Å². The molecule has 0 spiro atoms. The summed E-state index contributed by atoms with van der Waals surface area (Å²) in [4.78, 5) is 15.1. The van der Waals surface area contributed by atoms with Crippen LogP contribution in [0.1, 0.15) is 18.4 Å². The summed E-state index contributed by atoms with van der Waals surface area (Å²) in [5.74, 6) is -0.113. The van der Waals surface area contributed by atoms with Crippen LogP contribution in [-0.2, 0) is 4.79 Å². The number of nitrogens with two attached hydrogens (primary N) is 1. The minimum Gasteiger partial charge on any atom is -0.445 e. The van der Waals surface area contributed by atoms with E-state index < -0.39 is 0 Å². The maximum absolute atomic E-state index is 11.1. The van der Waals surface area contributed by atoms with E-state index in [1.165, 1.54) is 6.26 Å². The molecule has 2 aromatic rings. The van der Waals surface area contributed by atoms with E-state index >= 15 is 0 Å². The Bertz CT molecular complexity index is 491. The second kappa shape index (κ2) is 4.18. The van der Waals surface area contributed by atoms with Crippen molar-refractivity contribution in [1.29, 1.82) is 0 Å². The van der Waals surface area contributed by atoms with Gasteiger partial charge in [-0.05, 0) is 24.6 Å². The zero-order valence-electron chi connectivity index (χ0n) is 8.88. The van der Waals surface area contributed by atoms with E-state index in [1.54, 1.807) is 13.1 Å². The molecule has 1 heterocycles. The van der Waals surface area contributed by atoms with Crippen molar-refractivity contribution in [2.24, 2.45) is 5.73 Å². The normalized spacial score (nSPS) is 12.3. The molecule has 1 amide bonds. The molecular weight excluding hydrogens is 204 g/mol. The smallest absolute Gasteiger partial charge is 0.225 e. The molecule has 4 nitrogen and oxygen atoms in total. The fraction of sp³-hybridized carbons (Fsp3) is 0.167. The van der Waals surface area contributed by atoms with E-state index in [0.29, 0.717) is 5.89 Å². The lowest BCUT2D eigenvalue weighted by Gasteiger charge is -2.08. The molecule has 16 heavy (non-hydrogen) atoms. The van der Waals surface area contributed by atoms with Crippen molar-refractivity contribution < 1.29 is 9.21 Å². The van der Waals surface area contributed by atoms with Crippen LogP contribution >= 0.6 is 0 Å². The molecule has 0 radical (unpaired) electrons. The van der Waals surface area contributed by atoms with Gasteiger partial charge in [-0.25, -0.2) is 4.98 Å². The highest BCUT2D eigenvalue weighted by atomic mass is 16.3. The Morgan fingerprint density at radius 1 is 1.50 bits per heavy atom. The summed E-state index contributed by atoms with van der Waals surface area (Å²) in [6, 6.07) is 7.46. The number of hydrogen-bond donors (Lipinski definition) is 1. The molecule has 0 saturated heterocycles. The zero-order valence-corrected chi connectivity index (χ0v) is 8.88. The molecule has 1 atom stereocenters. The number of carbonyl (C=O) groups is 1. The molecule has 0 aliphatic rings. The number of benzene rings is 1. The number of aromatic nitrogens is 1. The Morgan fingerprint density at radius 2 is 2.31 bits per heavy atom. The van der Waals surface area contributed by atoms with Crippen molar-refractivity contribution in [1.82, 2.24) is 4.98 Å². The highest BCUT2D eigenvalue weighted by Gasteiger charge is 2.12. The van der Waals surface area contributed by atoms with E-state index in [9.17, 15) is 4.79 Å². The lowest BCUT2D eigenvalue weighted by Crippen LogP contribution is -2.18. The molecule has 1 aromatic heterocycles. The van der Waals surface area contributed by atoms with Crippen molar-refractivity contribution in [2.45, 2.75) is 12.8 Å². The summed E-state index contributed by atoms with van der Waals surface area (Å²) in [7, 11) is 0. The van der Waals surface area contributed by atoms with Gasteiger partial charge in [0, 0.05) is 5.56 Å². The topological polar surface area (TPSA) is 69.1 Å². The predicted octanol–water partition coefficient (Wildman–Crippen LogP) is 1.93. The van der Waals surface area contributed by atoms with Gasteiger partial charge in [0.05, 0.1) is 12.1 Å². The number of hydrogen-bond acceptors (Lipinski definition) is 3. The quantitative estimate of drug-likeness (QED) is 0.852. The number of oxazole rings is 1. The van der Waals surface area contributed by atoms with Gasteiger partial charge in [-0.2, -0.15) is 0 Å². The third kappa shape index (κ3) is 1.95. The van der Waals surface area contributed by atoms with E-state index in [1.807, 2.05) is 24.3 Å². The van der Waals surface area contributed by atoms with Gasteiger partial charge >= 0.3 is 0 Å². The summed E-state index contributed by atoms with van der Waals surface area (Å²) in [6.07, 6.45) is 3.10. The van der Waals surface area contributed by atoms with Crippen LogP contribution in [0.2, 0.25) is 0 Å². The molecule has 0 saturated carbocycles. The first kappa shape index (κ1) is 10.4. The second-order valence-electron chi connectivity index (χ2n) is 3.59. The van der Waals surface area contributed by atoms with Crippen molar-refractivity contribution in [3.63, 3.8) is 0 Å². The van der Waals surface area contributed by atoms with E-state index in [2.05, 4.69) is 4.98 Å². The van der Waals surface area contributed by atoms with Gasteiger partial charge < -0.3 is 10.2 Å². The minimum atomic E-state index is -0.343. The Morgan fingerprint density at radius 3 is 2.94 bits per heavy atom. The van der Waals surface area contributed by atoms with Crippen LogP contribution in [-0.4, -0.2) is 10.9 Å². The van der Waals surface area contributed by atoms with Crippen molar-refractivity contribution in [3.05, 3.63) is 42.3 Å². The van der Waals surface area contributed by atoms with Gasteiger partial charge in [0.15, 0.2) is 0 Å². The third-order valence-electron chi connectivity index (χ3n) is 2.49. The molecule has 0 bridgehead atoms. The molecule has 4 heteroatoms. The lowest BCUT2D eigenvalue weighted by atomic mass is 9.98. The van der Waals surface area contributed by atoms with Crippen LogP contribution in [0.5, 0.6) is 0 Å². The Hall–Kier alpha value is -2.10. The molecule has 0 aliphatic carbocycles. The first-order valence-corrected chi connectivity index (χ1v) is 4.97. The van der Waals surface area contributed by atoms with Gasteiger partial charge in [-0.1, -0.05) is 12.1 Å². The number of amides is 1. The largest absolute Gasteiger partial charge is 0.445 e. The van der Waals surface area contributed by atoms with Gasteiger partial charge in [-0.3, -0.25) is 4.79 Å². The van der Waals surface area contributed by atoms with E-state index in [4.69, 9.17) is 10.2 Å². The Kier molecular flexibility index (Phi) is 2.72. The Balaban J connectivity index is 2.37. The maximum Gasteiger partial charge on any atom is 0.225 e. The van der Waals surface area contributed by atoms with Crippen molar-refractivity contribution in [2.75, 3.05) is 0 Å². The monoisotopic (exact) mass is 216 g/mol. The van der Waals surface area contributed by atoms with E-state index in [0.717, 1.165) is 11.1 Å². The van der Waals surface area contributed by atoms with Crippen LogP contribution < -0.4 is 5.73 Å². The van der Waals surface area contributed by atoms with Crippen LogP contribution in [0.25, 0.3) is 11.5 Å². The predicted molar refractivity (Wildman–Crippen MR) is 59.5 cm³/mol. The van der Waals surface area contributed by atoms with Crippen LogP contribution in [0, 0.1) is 0 Å². The third-order valence-corrected chi connectivity index (χ3v) is 2.49. The highest BCUT2D eigenvalue weighted by Crippen LogP contribution is 2.22. The lowest BCUT2D eigenvalue weighted by molar-refractivity contribution is -0.119. The Labute approximate surface area is 93.1 Å². The molecule has 1 aromatic carbocycles. The van der Waals surface area contributed by atoms with Crippen molar-refractivity contribution >= 4 is 5.91 Å². The number of nitrogens with zero attached hydrogens (tertiary/aromatic N) is 1. The molecule has 0 aliphatic heterocycles. The summed E-state index contributed by atoms with van der Waals surface area (Å²) in [6.45, 7) is 1.77. The average molecular weight is 216 g/mol.